The van der Waals surface area contributed by atoms with Crippen molar-refractivity contribution in [3.8, 4) is 0 Å². The smallest absolute Gasteiger partial charge is 0.272 e. The Hall–Kier alpha value is -1.36. The molecule has 0 saturated carbocycles. The molecule has 1 atom stereocenters. The summed E-state index contributed by atoms with van der Waals surface area (Å²) in [4.78, 5) is 14.4. The van der Waals surface area contributed by atoms with Gasteiger partial charge in [0, 0.05) is 32.7 Å². The molecule has 0 aromatic carbocycles. The number of aromatic nitrogens is 2. The van der Waals surface area contributed by atoms with Crippen molar-refractivity contribution in [3.05, 3.63) is 17.5 Å². The molecule has 18 heavy (non-hydrogen) atoms. The Morgan fingerprint density at radius 1 is 1.56 bits per heavy atom. The second-order valence-electron chi connectivity index (χ2n) is 5.28. The van der Waals surface area contributed by atoms with Crippen LogP contribution in [-0.4, -0.2) is 46.3 Å². The van der Waals surface area contributed by atoms with Crippen LogP contribution in [0, 0.1) is 0 Å². The summed E-state index contributed by atoms with van der Waals surface area (Å²) < 4.78 is 1.70. The van der Waals surface area contributed by atoms with Gasteiger partial charge < -0.3 is 10.2 Å². The fraction of sp³-hybridized carbons (Fsp3) is 0.692. The second kappa shape index (κ2) is 5.10. The van der Waals surface area contributed by atoms with Crippen LogP contribution in [0.1, 0.15) is 42.9 Å². The van der Waals surface area contributed by atoms with Gasteiger partial charge in [-0.2, -0.15) is 5.10 Å². The third-order valence-electron chi connectivity index (χ3n) is 3.47. The molecular weight excluding hydrogens is 228 g/mol. The van der Waals surface area contributed by atoms with Crippen molar-refractivity contribution in [1.82, 2.24) is 20.0 Å². The van der Waals surface area contributed by atoms with Crippen molar-refractivity contribution in [2.45, 2.75) is 32.7 Å². The molecule has 1 fully saturated rings. The molecule has 1 aromatic heterocycles. The first kappa shape index (κ1) is 13.1. The number of carbonyl (C=O) groups is 1. The maximum Gasteiger partial charge on any atom is 0.272 e. The first-order chi connectivity index (χ1) is 8.50. The highest BCUT2D eigenvalue weighted by atomic mass is 16.2. The first-order valence-corrected chi connectivity index (χ1v) is 6.56. The Morgan fingerprint density at radius 3 is 2.83 bits per heavy atom. The molecule has 1 aromatic rings. The lowest BCUT2D eigenvalue weighted by Crippen LogP contribution is -2.52. The summed E-state index contributed by atoms with van der Waals surface area (Å²) in [6.45, 7) is 8.74. The summed E-state index contributed by atoms with van der Waals surface area (Å²) in [5.41, 5.74) is 1.66. The normalized spacial score (nSPS) is 20.5. The summed E-state index contributed by atoms with van der Waals surface area (Å²) in [5, 5.41) is 7.70. The quantitative estimate of drug-likeness (QED) is 0.851. The number of amides is 1. The lowest BCUT2D eigenvalue weighted by Gasteiger charge is -2.33. The van der Waals surface area contributed by atoms with Crippen LogP contribution < -0.4 is 5.32 Å². The van der Waals surface area contributed by atoms with Crippen molar-refractivity contribution in [1.29, 1.82) is 0 Å². The van der Waals surface area contributed by atoms with E-state index in [0.29, 0.717) is 11.6 Å². The molecule has 1 saturated heterocycles. The van der Waals surface area contributed by atoms with Crippen LogP contribution in [0.25, 0.3) is 0 Å². The van der Waals surface area contributed by atoms with Gasteiger partial charge in [0.2, 0.25) is 0 Å². The van der Waals surface area contributed by atoms with E-state index in [0.717, 1.165) is 25.3 Å². The Kier molecular flexibility index (Phi) is 3.71. The molecular formula is C13H22N4O. The van der Waals surface area contributed by atoms with Crippen LogP contribution >= 0.6 is 0 Å². The van der Waals surface area contributed by atoms with E-state index in [1.54, 1.807) is 4.68 Å². The van der Waals surface area contributed by atoms with Crippen molar-refractivity contribution < 1.29 is 4.79 Å². The zero-order chi connectivity index (χ0) is 13.3. The Balaban J connectivity index is 2.22. The van der Waals surface area contributed by atoms with Gasteiger partial charge in [-0.15, -0.1) is 0 Å². The molecule has 0 unspecified atom stereocenters. The topological polar surface area (TPSA) is 50.2 Å². The van der Waals surface area contributed by atoms with Gasteiger partial charge in [-0.1, -0.05) is 13.8 Å². The van der Waals surface area contributed by atoms with Crippen LogP contribution in [0.3, 0.4) is 0 Å². The minimum absolute atomic E-state index is 0.0888. The van der Waals surface area contributed by atoms with Crippen molar-refractivity contribution in [3.63, 3.8) is 0 Å². The SMILES string of the molecule is CC(C)c1cc(C(=O)N2CCNC[C@H]2C)n(C)n1. The number of rotatable bonds is 2. The molecule has 2 heterocycles. The van der Waals surface area contributed by atoms with Gasteiger partial charge in [-0.3, -0.25) is 9.48 Å². The van der Waals surface area contributed by atoms with E-state index < -0.39 is 0 Å². The van der Waals surface area contributed by atoms with E-state index in [4.69, 9.17) is 0 Å². The van der Waals surface area contributed by atoms with Crippen molar-refractivity contribution >= 4 is 5.91 Å². The highest BCUT2D eigenvalue weighted by Gasteiger charge is 2.26. The highest BCUT2D eigenvalue weighted by molar-refractivity contribution is 5.93. The number of carbonyl (C=O) groups excluding carboxylic acids is 1. The van der Waals surface area contributed by atoms with E-state index in [2.05, 4.69) is 31.2 Å². The van der Waals surface area contributed by atoms with Crippen LogP contribution in [-0.2, 0) is 7.05 Å². The highest BCUT2D eigenvalue weighted by Crippen LogP contribution is 2.16. The molecule has 100 valence electrons. The third kappa shape index (κ3) is 2.41. The molecule has 1 aliphatic heterocycles. The van der Waals surface area contributed by atoms with Crippen molar-refractivity contribution in [2.75, 3.05) is 19.6 Å². The fourth-order valence-electron chi connectivity index (χ4n) is 2.26. The molecule has 5 heteroatoms. The van der Waals surface area contributed by atoms with E-state index in [1.165, 1.54) is 0 Å². The fourth-order valence-corrected chi connectivity index (χ4v) is 2.26. The summed E-state index contributed by atoms with van der Waals surface area (Å²) in [7, 11) is 1.84. The van der Waals surface area contributed by atoms with Crippen LogP contribution in [0.2, 0.25) is 0 Å². The number of piperazine rings is 1. The van der Waals surface area contributed by atoms with Gasteiger partial charge in [0.1, 0.15) is 5.69 Å². The largest absolute Gasteiger partial charge is 0.332 e. The predicted octanol–water partition coefficient (Wildman–Crippen LogP) is 0.977. The van der Waals surface area contributed by atoms with Gasteiger partial charge in [0.25, 0.3) is 5.91 Å². The van der Waals surface area contributed by atoms with Gasteiger partial charge in [0.15, 0.2) is 0 Å². The van der Waals surface area contributed by atoms with Crippen LogP contribution in [0.5, 0.6) is 0 Å². The van der Waals surface area contributed by atoms with Gasteiger partial charge >= 0.3 is 0 Å². The summed E-state index contributed by atoms with van der Waals surface area (Å²) in [5.74, 6) is 0.434. The summed E-state index contributed by atoms with van der Waals surface area (Å²) in [6.07, 6.45) is 0. The standard InChI is InChI=1S/C13H22N4O/c1-9(2)11-7-12(16(4)15-11)13(18)17-6-5-14-8-10(17)3/h7,9-10,14H,5-6,8H2,1-4H3/t10-/m1/s1. The van der Waals surface area contributed by atoms with Crippen molar-refractivity contribution in [2.24, 2.45) is 7.05 Å². The van der Waals surface area contributed by atoms with E-state index in [9.17, 15) is 4.79 Å². The Labute approximate surface area is 108 Å². The zero-order valence-corrected chi connectivity index (χ0v) is 11.6. The van der Waals surface area contributed by atoms with Gasteiger partial charge in [-0.05, 0) is 18.9 Å². The number of nitrogens with one attached hydrogen (secondary N) is 1. The molecule has 1 N–H and O–H groups in total. The minimum Gasteiger partial charge on any atom is -0.332 e. The molecule has 0 bridgehead atoms. The maximum absolute atomic E-state index is 12.5. The van der Waals surface area contributed by atoms with E-state index in [1.807, 2.05) is 18.0 Å². The number of aryl methyl sites for hydroxylation is 1. The number of hydrogen-bond acceptors (Lipinski definition) is 3. The summed E-state index contributed by atoms with van der Waals surface area (Å²) in [6, 6.07) is 2.16. The van der Waals surface area contributed by atoms with Gasteiger partial charge in [0.05, 0.1) is 5.69 Å². The lowest BCUT2D eigenvalue weighted by molar-refractivity contribution is 0.0644. The van der Waals surface area contributed by atoms with E-state index >= 15 is 0 Å². The third-order valence-corrected chi connectivity index (χ3v) is 3.47. The summed E-state index contributed by atoms with van der Waals surface area (Å²) >= 11 is 0. The van der Waals surface area contributed by atoms with Gasteiger partial charge in [-0.25, -0.2) is 0 Å². The average molecular weight is 250 g/mol. The maximum atomic E-state index is 12.5. The molecule has 0 spiro atoms. The average Bonchev–Trinajstić information content (AvgIpc) is 2.71. The lowest BCUT2D eigenvalue weighted by atomic mass is 10.1. The first-order valence-electron chi connectivity index (χ1n) is 6.56. The van der Waals surface area contributed by atoms with E-state index in [-0.39, 0.29) is 11.9 Å². The monoisotopic (exact) mass is 250 g/mol. The number of hydrogen-bond donors (Lipinski definition) is 1. The molecule has 0 aliphatic carbocycles. The Morgan fingerprint density at radius 2 is 2.28 bits per heavy atom. The molecule has 1 amide bonds. The zero-order valence-electron chi connectivity index (χ0n) is 11.6. The molecule has 1 aliphatic rings. The molecule has 2 rings (SSSR count). The minimum atomic E-state index is 0.0888. The number of nitrogens with zero attached hydrogens (tertiary/aromatic N) is 3. The van der Waals surface area contributed by atoms with Crippen LogP contribution in [0.4, 0.5) is 0 Å². The molecule has 0 radical (unpaired) electrons. The Bertz CT molecular complexity index is 438. The van der Waals surface area contributed by atoms with Crippen LogP contribution in [0.15, 0.2) is 6.07 Å². The second-order valence-corrected chi connectivity index (χ2v) is 5.28. The molecule has 5 nitrogen and oxygen atoms in total. The predicted molar refractivity (Wildman–Crippen MR) is 70.7 cm³/mol.